The van der Waals surface area contributed by atoms with Crippen LogP contribution in [0.15, 0.2) is 18.2 Å². The number of carbonyl (C=O) groups is 1. The van der Waals surface area contributed by atoms with Crippen molar-refractivity contribution in [1.29, 1.82) is 0 Å². The van der Waals surface area contributed by atoms with Gasteiger partial charge in [0.05, 0.1) is 33.5 Å². The van der Waals surface area contributed by atoms with Crippen molar-refractivity contribution in [3.63, 3.8) is 0 Å². The molecule has 0 unspecified atom stereocenters. The van der Waals surface area contributed by atoms with Gasteiger partial charge in [-0.15, -0.1) is 24.8 Å². The van der Waals surface area contributed by atoms with E-state index in [2.05, 4.69) is 4.90 Å². The van der Waals surface area contributed by atoms with Crippen molar-refractivity contribution >= 4 is 30.8 Å². The van der Waals surface area contributed by atoms with E-state index in [-0.39, 0.29) is 24.8 Å². The van der Waals surface area contributed by atoms with E-state index in [1.807, 2.05) is 18.2 Å². The van der Waals surface area contributed by atoms with Gasteiger partial charge in [-0.1, -0.05) is 6.07 Å². The first-order chi connectivity index (χ1) is 12.6. The largest absolute Gasteiger partial charge is 0.493 e. The number of benzene rings is 1. The molecule has 162 valence electrons. The van der Waals surface area contributed by atoms with Gasteiger partial charge in [-0.25, -0.2) is 0 Å². The molecule has 1 aromatic rings. The molecule has 1 aliphatic rings. The molecule has 1 heterocycles. The van der Waals surface area contributed by atoms with E-state index in [1.54, 1.807) is 14.0 Å². The highest BCUT2D eigenvalue weighted by molar-refractivity contribution is 5.85. The van der Waals surface area contributed by atoms with E-state index in [0.717, 1.165) is 44.8 Å². The average Bonchev–Trinajstić information content (AvgIpc) is 2.67. The molecule has 0 bridgehead atoms. The Labute approximate surface area is 179 Å². The third kappa shape index (κ3) is 8.84. The molecule has 9 heteroatoms. The molecule has 0 saturated carbocycles. The van der Waals surface area contributed by atoms with E-state index in [0.29, 0.717) is 31.1 Å². The van der Waals surface area contributed by atoms with Crippen molar-refractivity contribution in [2.24, 2.45) is 5.73 Å². The fraction of sp³-hybridized carbons (Fsp3) is 0.632. The molecular weight excluding hydrogens is 407 g/mol. The van der Waals surface area contributed by atoms with Crippen molar-refractivity contribution in [2.45, 2.75) is 25.8 Å². The summed E-state index contributed by atoms with van der Waals surface area (Å²) in [6, 6.07) is 4.94. The highest BCUT2D eigenvalue weighted by atomic mass is 35.5. The highest BCUT2D eigenvalue weighted by Crippen LogP contribution is 2.28. The molecule has 2 N–H and O–H groups in total. The molecule has 0 amide bonds. The van der Waals surface area contributed by atoms with E-state index < -0.39 is 12.0 Å². The van der Waals surface area contributed by atoms with Crippen molar-refractivity contribution in [3.05, 3.63) is 23.8 Å². The number of hydrogen-bond acceptors (Lipinski definition) is 7. The Kier molecular flexibility index (Phi) is 14.0. The van der Waals surface area contributed by atoms with E-state index in [9.17, 15) is 4.79 Å². The number of esters is 1. The van der Waals surface area contributed by atoms with Gasteiger partial charge in [-0.05, 0) is 37.5 Å². The maximum atomic E-state index is 11.7. The van der Waals surface area contributed by atoms with Crippen LogP contribution in [0, 0.1) is 0 Å². The summed E-state index contributed by atoms with van der Waals surface area (Å²) in [5.41, 5.74) is 6.78. The van der Waals surface area contributed by atoms with Crippen LogP contribution in [-0.2, 0) is 20.7 Å². The summed E-state index contributed by atoms with van der Waals surface area (Å²) < 4.78 is 21.6. The van der Waals surface area contributed by atoms with Crippen LogP contribution in [-0.4, -0.2) is 70.1 Å². The number of nitrogens with zero attached hydrogens (tertiary/aromatic N) is 1. The smallest absolute Gasteiger partial charge is 0.323 e. The van der Waals surface area contributed by atoms with E-state index >= 15 is 0 Å². The molecule has 1 fully saturated rings. The van der Waals surface area contributed by atoms with Crippen LogP contribution in [0.1, 0.15) is 18.9 Å². The van der Waals surface area contributed by atoms with Crippen LogP contribution in [0.3, 0.4) is 0 Å². The van der Waals surface area contributed by atoms with Gasteiger partial charge < -0.3 is 24.7 Å². The number of methoxy groups -OCH3 is 1. The fourth-order valence-corrected chi connectivity index (χ4v) is 2.84. The Bertz CT molecular complexity index is 571. The number of ether oxygens (including phenoxy) is 4. The predicted octanol–water partition coefficient (Wildman–Crippen LogP) is 2.07. The van der Waals surface area contributed by atoms with Crippen molar-refractivity contribution < 1.29 is 23.7 Å². The Balaban J connectivity index is 0.00000364. The van der Waals surface area contributed by atoms with Crippen LogP contribution in [0.4, 0.5) is 0 Å². The first-order valence-electron chi connectivity index (χ1n) is 9.16. The maximum absolute atomic E-state index is 11.7. The zero-order chi connectivity index (χ0) is 18.8. The van der Waals surface area contributed by atoms with Gasteiger partial charge in [0.2, 0.25) is 0 Å². The molecule has 0 spiro atoms. The average molecular weight is 439 g/mol. The van der Waals surface area contributed by atoms with Crippen LogP contribution >= 0.6 is 24.8 Å². The molecule has 7 nitrogen and oxygen atoms in total. The summed E-state index contributed by atoms with van der Waals surface area (Å²) in [5.74, 6) is 0.947. The standard InChI is InChI=1S/C19H30N2O5.2ClH/c1-3-25-19(22)16(20)13-15-5-6-17(18(14-15)23-2)26-10-4-7-21-8-11-24-12-9-21;;/h5-6,14,16H,3-4,7-13,20H2,1-2H3;2*1H/t16-;;/m0../s1. The zero-order valence-corrected chi connectivity index (χ0v) is 18.2. The quantitative estimate of drug-likeness (QED) is 0.442. The minimum Gasteiger partial charge on any atom is -0.493 e. The molecule has 1 atom stereocenters. The molecule has 0 radical (unpaired) electrons. The van der Waals surface area contributed by atoms with Gasteiger partial charge in [0.1, 0.15) is 6.04 Å². The molecule has 28 heavy (non-hydrogen) atoms. The number of nitrogens with two attached hydrogens (primary N) is 1. The number of morpholine rings is 1. The second-order valence-corrected chi connectivity index (χ2v) is 6.20. The number of halogens is 2. The van der Waals surface area contributed by atoms with Crippen molar-refractivity contribution in [2.75, 3.05) is 53.2 Å². The van der Waals surface area contributed by atoms with Gasteiger partial charge in [-0.2, -0.15) is 0 Å². The number of rotatable bonds is 10. The summed E-state index contributed by atoms with van der Waals surface area (Å²) in [7, 11) is 1.60. The molecule has 1 aromatic carbocycles. The van der Waals surface area contributed by atoms with Gasteiger partial charge in [0.25, 0.3) is 0 Å². The Morgan fingerprint density at radius 2 is 1.96 bits per heavy atom. The summed E-state index contributed by atoms with van der Waals surface area (Å²) in [6.07, 6.45) is 1.34. The lowest BCUT2D eigenvalue weighted by molar-refractivity contribution is -0.144. The summed E-state index contributed by atoms with van der Waals surface area (Å²) in [4.78, 5) is 14.0. The SMILES string of the molecule is CCOC(=O)[C@@H](N)Cc1ccc(OCCCN2CCOCC2)c(OC)c1.Cl.Cl. The number of carbonyl (C=O) groups excluding carboxylic acids is 1. The summed E-state index contributed by atoms with van der Waals surface area (Å²) >= 11 is 0. The first-order valence-corrected chi connectivity index (χ1v) is 9.16. The van der Waals surface area contributed by atoms with Crippen LogP contribution < -0.4 is 15.2 Å². The van der Waals surface area contributed by atoms with Gasteiger partial charge >= 0.3 is 5.97 Å². The molecular formula is C19H32Cl2N2O5. The second kappa shape index (κ2) is 14.7. The predicted molar refractivity (Wildman–Crippen MR) is 113 cm³/mol. The Morgan fingerprint density at radius 1 is 1.25 bits per heavy atom. The Morgan fingerprint density at radius 3 is 2.61 bits per heavy atom. The maximum Gasteiger partial charge on any atom is 0.323 e. The van der Waals surface area contributed by atoms with E-state index in [1.165, 1.54) is 0 Å². The van der Waals surface area contributed by atoms with Crippen LogP contribution in [0.5, 0.6) is 11.5 Å². The third-order valence-electron chi connectivity index (χ3n) is 4.25. The summed E-state index contributed by atoms with van der Waals surface area (Å²) in [6.45, 7) is 7.30. The highest BCUT2D eigenvalue weighted by Gasteiger charge is 2.16. The molecule has 1 aliphatic heterocycles. The van der Waals surface area contributed by atoms with Crippen molar-refractivity contribution in [3.8, 4) is 11.5 Å². The van der Waals surface area contributed by atoms with Crippen LogP contribution in [0.2, 0.25) is 0 Å². The molecule has 0 aromatic heterocycles. The lowest BCUT2D eigenvalue weighted by Crippen LogP contribution is -2.37. The molecule has 2 rings (SSSR count). The second-order valence-electron chi connectivity index (χ2n) is 6.20. The van der Waals surface area contributed by atoms with Gasteiger partial charge in [0.15, 0.2) is 11.5 Å². The van der Waals surface area contributed by atoms with Gasteiger partial charge in [-0.3, -0.25) is 9.69 Å². The topological polar surface area (TPSA) is 83.2 Å². The minimum absolute atomic E-state index is 0. The minimum atomic E-state index is -0.681. The first kappa shape index (κ1) is 26.8. The fourth-order valence-electron chi connectivity index (χ4n) is 2.84. The third-order valence-corrected chi connectivity index (χ3v) is 4.25. The Hall–Kier alpha value is -1.25. The zero-order valence-electron chi connectivity index (χ0n) is 16.6. The summed E-state index contributed by atoms with van der Waals surface area (Å²) in [5, 5.41) is 0. The number of hydrogen-bond donors (Lipinski definition) is 1. The normalized spacial score (nSPS) is 15.0. The van der Waals surface area contributed by atoms with Crippen molar-refractivity contribution in [1.82, 2.24) is 4.90 Å². The van der Waals surface area contributed by atoms with E-state index in [4.69, 9.17) is 24.7 Å². The lowest BCUT2D eigenvalue weighted by atomic mass is 10.1. The molecule has 1 saturated heterocycles. The van der Waals surface area contributed by atoms with Crippen LogP contribution in [0.25, 0.3) is 0 Å². The lowest BCUT2D eigenvalue weighted by Gasteiger charge is -2.26. The molecule has 0 aliphatic carbocycles. The monoisotopic (exact) mass is 438 g/mol. The van der Waals surface area contributed by atoms with Gasteiger partial charge in [0, 0.05) is 19.6 Å².